The first kappa shape index (κ1) is 15.2. The van der Waals surface area contributed by atoms with Crippen molar-refractivity contribution in [3.8, 4) is 5.69 Å². The van der Waals surface area contributed by atoms with Crippen LogP contribution in [-0.4, -0.2) is 31.1 Å². The zero-order chi connectivity index (χ0) is 16.1. The first-order valence-electron chi connectivity index (χ1n) is 7.03. The van der Waals surface area contributed by atoms with Crippen molar-refractivity contribution in [1.29, 1.82) is 0 Å². The van der Waals surface area contributed by atoms with Crippen LogP contribution >= 0.6 is 11.8 Å². The topological polar surface area (TPSA) is 76.2 Å². The summed E-state index contributed by atoms with van der Waals surface area (Å²) in [7, 11) is 0. The van der Waals surface area contributed by atoms with Gasteiger partial charge >= 0.3 is 0 Å². The third kappa shape index (κ3) is 3.40. The highest BCUT2D eigenvalue weighted by atomic mass is 32.2. The third-order valence-electron chi connectivity index (χ3n) is 3.30. The molecule has 0 radical (unpaired) electrons. The van der Waals surface area contributed by atoms with Crippen molar-refractivity contribution in [2.75, 3.05) is 0 Å². The molecule has 0 bridgehead atoms. The number of aromatic nitrogens is 4. The monoisotopic (exact) mass is 325 g/mol. The first-order chi connectivity index (χ1) is 11.3. The standard InChI is InChI=1S/C16H15N5OS/c1-12(18-22)15(13-8-4-2-5-9-13)23-16-17-19-20-21(16)14-10-6-3-7-11-14/h2-11,15,22H,1H3/b18-12-. The Hall–Kier alpha value is -2.67. The van der Waals surface area contributed by atoms with E-state index in [1.54, 1.807) is 11.6 Å². The lowest BCUT2D eigenvalue weighted by Gasteiger charge is -2.15. The Balaban J connectivity index is 1.95. The van der Waals surface area contributed by atoms with Gasteiger partial charge in [-0.15, -0.1) is 5.10 Å². The molecule has 6 nitrogen and oxygen atoms in total. The molecule has 2 aromatic carbocycles. The molecule has 23 heavy (non-hydrogen) atoms. The molecule has 0 aliphatic heterocycles. The second-order valence-corrected chi connectivity index (χ2v) is 5.93. The normalized spacial score (nSPS) is 13.0. The summed E-state index contributed by atoms with van der Waals surface area (Å²) in [5.41, 5.74) is 2.49. The number of hydrogen-bond acceptors (Lipinski definition) is 6. The largest absolute Gasteiger partial charge is 0.411 e. The van der Waals surface area contributed by atoms with Gasteiger partial charge in [0.2, 0.25) is 5.16 Å². The van der Waals surface area contributed by atoms with Crippen molar-refractivity contribution >= 4 is 17.5 Å². The van der Waals surface area contributed by atoms with E-state index < -0.39 is 0 Å². The molecule has 116 valence electrons. The van der Waals surface area contributed by atoms with Crippen LogP contribution in [0.1, 0.15) is 17.7 Å². The van der Waals surface area contributed by atoms with Gasteiger partial charge in [0.25, 0.3) is 0 Å². The molecule has 0 aliphatic rings. The molecule has 3 rings (SSSR count). The Bertz CT molecular complexity index is 788. The lowest BCUT2D eigenvalue weighted by Crippen LogP contribution is -2.08. The lowest BCUT2D eigenvalue weighted by molar-refractivity contribution is 0.317. The fourth-order valence-corrected chi connectivity index (χ4v) is 3.21. The summed E-state index contributed by atoms with van der Waals surface area (Å²) in [6, 6.07) is 19.5. The predicted octanol–water partition coefficient (Wildman–Crippen LogP) is 3.35. The van der Waals surface area contributed by atoms with E-state index in [4.69, 9.17) is 0 Å². The van der Waals surface area contributed by atoms with E-state index in [0.29, 0.717) is 10.9 Å². The second kappa shape index (κ2) is 7.06. The number of oxime groups is 1. The van der Waals surface area contributed by atoms with Crippen LogP contribution in [0, 0.1) is 0 Å². The lowest BCUT2D eigenvalue weighted by atomic mass is 10.1. The van der Waals surface area contributed by atoms with Crippen molar-refractivity contribution in [3.05, 3.63) is 66.2 Å². The van der Waals surface area contributed by atoms with Crippen LogP contribution in [0.3, 0.4) is 0 Å². The van der Waals surface area contributed by atoms with Crippen LogP contribution in [0.15, 0.2) is 71.0 Å². The minimum absolute atomic E-state index is 0.172. The van der Waals surface area contributed by atoms with Crippen LogP contribution in [0.4, 0.5) is 0 Å². The molecule has 0 saturated heterocycles. The second-order valence-electron chi connectivity index (χ2n) is 4.86. The molecule has 1 unspecified atom stereocenters. The fraction of sp³-hybridized carbons (Fsp3) is 0.125. The SMILES string of the molecule is C/C(=N/O)C(Sc1nnnn1-c1ccccc1)c1ccccc1. The summed E-state index contributed by atoms with van der Waals surface area (Å²) >= 11 is 1.44. The van der Waals surface area contributed by atoms with Crippen LogP contribution in [-0.2, 0) is 0 Å². The van der Waals surface area contributed by atoms with Gasteiger partial charge in [-0.25, -0.2) is 0 Å². The minimum atomic E-state index is -0.172. The van der Waals surface area contributed by atoms with Crippen molar-refractivity contribution in [2.45, 2.75) is 17.3 Å². The van der Waals surface area contributed by atoms with Gasteiger partial charge in [-0.3, -0.25) is 0 Å². The molecular formula is C16H15N5OS. The van der Waals surface area contributed by atoms with Gasteiger partial charge in [-0.2, -0.15) is 4.68 Å². The molecule has 1 N–H and O–H groups in total. The average molecular weight is 325 g/mol. The third-order valence-corrected chi connectivity index (χ3v) is 4.62. The van der Waals surface area contributed by atoms with E-state index in [1.165, 1.54) is 11.8 Å². The van der Waals surface area contributed by atoms with Crippen molar-refractivity contribution in [1.82, 2.24) is 20.2 Å². The Morgan fingerprint density at radius 3 is 2.39 bits per heavy atom. The number of rotatable bonds is 5. The van der Waals surface area contributed by atoms with Gasteiger partial charge in [-0.1, -0.05) is 65.4 Å². The Morgan fingerprint density at radius 2 is 1.74 bits per heavy atom. The molecule has 1 heterocycles. The van der Waals surface area contributed by atoms with Gasteiger partial charge in [0.05, 0.1) is 16.6 Å². The van der Waals surface area contributed by atoms with E-state index in [2.05, 4.69) is 20.7 Å². The van der Waals surface area contributed by atoms with Gasteiger partial charge in [0.15, 0.2) is 0 Å². The zero-order valence-electron chi connectivity index (χ0n) is 12.4. The molecule has 0 amide bonds. The summed E-state index contributed by atoms with van der Waals surface area (Å²) in [6.07, 6.45) is 0. The minimum Gasteiger partial charge on any atom is -0.411 e. The Kier molecular flexibility index (Phi) is 4.68. The average Bonchev–Trinajstić information content (AvgIpc) is 3.09. The van der Waals surface area contributed by atoms with Gasteiger partial charge < -0.3 is 5.21 Å². The predicted molar refractivity (Wildman–Crippen MR) is 89.1 cm³/mol. The Labute approximate surface area is 137 Å². The Morgan fingerprint density at radius 1 is 1.09 bits per heavy atom. The highest BCUT2D eigenvalue weighted by Gasteiger charge is 2.21. The summed E-state index contributed by atoms with van der Waals surface area (Å²) in [4.78, 5) is 0. The zero-order valence-corrected chi connectivity index (χ0v) is 13.3. The number of nitrogens with zero attached hydrogens (tertiary/aromatic N) is 5. The number of tetrazole rings is 1. The maximum Gasteiger partial charge on any atom is 0.215 e. The quantitative estimate of drug-likeness (QED) is 0.337. The van der Waals surface area contributed by atoms with E-state index in [-0.39, 0.29) is 5.25 Å². The summed E-state index contributed by atoms with van der Waals surface area (Å²) < 4.78 is 1.67. The molecule has 1 aromatic heterocycles. The molecule has 0 fully saturated rings. The van der Waals surface area contributed by atoms with Crippen LogP contribution in [0.2, 0.25) is 0 Å². The van der Waals surface area contributed by atoms with Crippen LogP contribution in [0.25, 0.3) is 5.69 Å². The number of hydrogen-bond donors (Lipinski definition) is 1. The van der Waals surface area contributed by atoms with E-state index in [1.807, 2.05) is 60.7 Å². The molecule has 3 aromatic rings. The van der Waals surface area contributed by atoms with Gasteiger partial charge in [0, 0.05) is 0 Å². The van der Waals surface area contributed by atoms with Crippen LogP contribution in [0.5, 0.6) is 0 Å². The molecule has 0 aliphatic carbocycles. The first-order valence-corrected chi connectivity index (χ1v) is 7.91. The molecule has 0 spiro atoms. The summed E-state index contributed by atoms with van der Waals surface area (Å²) in [6.45, 7) is 1.78. The fourth-order valence-electron chi connectivity index (χ4n) is 2.16. The smallest absolute Gasteiger partial charge is 0.215 e. The number of para-hydroxylation sites is 1. The highest BCUT2D eigenvalue weighted by Crippen LogP contribution is 2.35. The van der Waals surface area contributed by atoms with E-state index in [9.17, 15) is 5.21 Å². The number of thioether (sulfide) groups is 1. The van der Waals surface area contributed by atoms with Crippen LogP contribution < -0.4 is 0 Å². The molecule has 1 atom stereocenters. The highest BCUT2D eigenvalue weighted by molar-refractivity contribution is 8.00. The van der Waals surface area contributed by atoms with Gasteiger partial charge in [0.1, 0.15) is 0 Å². The van der Waals surface area contributed by atoms with Crippen molar-refractivity contribution in [3.63, 3.8) is 0 Å². The van der Waals surface area contributed by atoms with E-state index >= 15 is 0 Å². The summed E-state index contributed by atoms with van der Waals surface area (Å²) in [5.74, 6) is 0. The van der Waals surface area contributed by atoms with E-state index in [0.717, 1.165) is 11.3 Å². The van der Waals surface area contributed by atoms with Crippen molar-refractivity contribution < 1.29 is 5.21 Å². The maximum atomic E-state index is 9.20. The van der Waals surface area contributed by atoms with Gasteiger partial charge in [-0.05, 0) is 35.0 Å². The van der Waals surface area contributed by atoms with Crippen molar-refractivity contribution in [2.24, 2.45) is 5.16 Å². The summed E-state index contributed by atoms with van der Waals surface area (Å²) in [5, 5.41) is 24.9. The number of benzene rings is 2. The molecule has 7 heteroatoms. The molecule has 0 saturated carbocycles. The maximum absolute atomic E-state index is 9.20. The molecular weight excluding hydrogens is 310 g/mol.